The van der Waals surface area contributed by atoms with Crippen LogP contribution < -0.4 is 0 Å². The summed E-state index contributed by atoms with van der Waals surface area (Å²) in [6.45, 7) is 0. The molecule has 0 spiro atoms. The molecule has 0 bridgehead atoms. The van der Waals surface area contributed by atoms with Gasteiger partial charge in [-0.05, 0) is 88.6 Å². The van der Waals surface area contributed by atoms with Crippen molar-refractivity contribution in [1.82, 2.24) is 0 Å². The molecule has 0 aromatic heterocycles. The highest BCUT2D eigenvalue weighted by Gasteiger charge is 2.19. The molecule has 0 amide bonds. The van der Waals surface area contributed by atoms with Crippen molar-refractivity contribution < 1.29 is 0 Å². The summed E-state index contributed by atoms with van der Waals surface area (Å²) in [6.07, 6.45) is 0. The maximum atomic E-state index is 2.36. The molecule has 0 aliphatic carbocycles. The van der Waals surface area contributed by atoms with Crippen LogP contribution in [0.4, 0.5) is 0 Å². The molecule has 40 heavy (non-hydrogen) atoms. The smallest absolute Gasteiger partial charge is 0.000808 e. The Hall–Kier alpha value is -5.20. The minimum absolute atomic E-state index is 1.23. The average molecular weight is 507 g/mol. The van der Waals surface area contributed by atoms with E-state index in [1.807, 2.05) is 0 Å². The van der Waals surface area contributed by atoms with Gasteiger partial charge in [0, 0.05) is 0 Å². The monoisotopic (exact) mass is 506 g/mol. The molecule has 0 heteroatoms. The Morgan fingerprint density at radius 2 is 0.725 bits per heavy atom. The molecular weight excluding hydrogens is 480 g/mol. The van der Waals surface area contributed by atoms with Gasteiger partial charge in [-0.2, -0.15) is 0 Å². The summed E-state index contributed by atoms with van der Waals surface area (Å²) in [5.74, 6) is 0. The molecule has 0 heterocycles. The largest absolute Gasteiger partial charge is 0.0622 e. The maximum absolute atomic E-state index is 2.36. The second-order valence-corrected chi connectivity index (χ2v) is 10.5. The van der Waals surface area contributed by atoms with Crippen LogP contribution in [0.1, 0.15) is 0 Å². The van der Waals surface area contributed by atoms with E-state index in [9.17, 15) is 0 Å². The molecule has 186 valence electrons. The predicted octanol–water partition coefficient (Wildman–Crippen LogP) is 11.3. The van der Waals surface area contributed by atoms with Crippen molar-refractivity contribution in [2.24, 2.45) is 0 Å². The third-order valence-electron chi connectivity index (χ3n) is 8.21. The van der Waals surface area contributed by atoms with Gasteiger partial charge in [0.15, 0.2) is 0 Å². The first-order valence-corrected chi connectivity index (χ1v) is 13.9. The van der Waals surface area contributed by atoms with E-state index in [4.69, 9.17) is 0 Å². The molecule has 8 aromatic rings. The molecule has 0 nitrogen and oxygen atoms in total. The van der Waals surface area contributed by atoms with Crippen LogP contribution in [0.5, 0.6) is 0 Å². The number of fused-ring (bicyclic) bond motifs is 4. The Bertz CT molecular complexity index is 2150. The van der Waals surface area contributed by atoms with E-state index < -0.39 is 0 Å². The van der Waals surface area contributed by atoms with Gasteiger partial charge in [-0.1, -0.05) is 146 Å². The van der Waals surface area contributed by atoms with E-state index in [1.165, 1.54) is 76.5 Å². The minimum Gasteiger partial charge on any atom is -0.0622 e. The second-order valence-electron chi connectivity index (χ2n) is 10.5. The van der Waals surface area contributed by atoms with Gasteiger partial charge in [0.1, 0.15) is 0 Å². The van der Waals surface area contributed by atoms with Crippen LogP contribution in [0, 0.1) is 0 Å². The van der Waals surface area contributed by atoms with Crippen LogP contribution in [0.25, 0.3) is 76.5 Å². The zero-order valence-electron chi connectivity index (χ0n) is 22.0. The minimum atomic E-state index is 1.23. The van der Waals surface area contributed by atoms with Gasteiger partial charge < -0.3 is 0 Å². The third-order valence-corrected chi connectivity index (χ3v) is 8.21. The van der Waals surface area contributed by atoms with E-state index >= 15 is 0 Å². The van der Waals surface area contributed by atoms with E-state index in [2.05, 4.69) is 158 Å². The van der Waals surface area contributed by atoms with Crippen LogP contribution in [-0.4, -0.2) is 0 Å². The topological polar surface area (TPSA) is 0 Å². The summed E-state index contributed by atoms with van der Waals surface area (Å²) in [5, 5.41) is 10.2. The van der Waals surface area contributed by atoms with Crippen LogP contribution in [0.2, 0.25) is 0 Å². The standard InChI is InChI=1S/C40H26/c1-2-13-27(14-3-1)32-19-10-11-23-36(32)37-24-12-18-31-26-30-17-6-9-22-35(30)40(38(31)37)39-33-20-7-4-15-28(33)25-29-16-5-8-21-34(29)39/h1-26H. The molecule has 0 saturated carbocycles. The molecule has 0 saturated heterocycles. The van der Waals surface area contributed by atoms with Crippen molar-refractivity contribution >= 4 is 43.1 Å². The number of rotatable bonds is 3. The van der Waals surface area contributed by atoms with Gasteiger partial charge in [0.2, 0.25) is 0 Å². The second kappa shape index (κ2) is 9.22. The van der Waals surface area contributed by atoms with Gasteiger partial charge in [-0.25, -0.2) is 0 Å². The molecule has 0 N–H and O–H groups in total. The number of hydrogen-bond acceptors (Lipinski definition) is 0. The summed E-state index contributed by atoms with van der Waals surface area (Å²) in [4.78, 5) is 0. The quantitative estimate of drug-likeness (QED) is 0.209. The van der Waals surface area contributed by atoms with Gasteiger partial charge in [0.05, 0.1) is 0 Å². The lowest BCUT2D eigenvalue weighted by Crippen LogP contribution is -1.93. The molecule has 8 aromatic carbocycles. The van der Waals surface area contributed by atoms with Crippen molar-refractivity contribution in [2.75, 3.05) is 0 Å². The van der Waals surface area contributed by atoms with E-state index in [1.54, 1.807) is 0 Å². The Morgan fingerprint density at radius 3 is 1.38 bits per heavy atom. The predicted molar refractivity (Wildman–Crippen MR) is 173 cm³/mol. The summed E-state index contributed by atoms with van der Waals surface area (Å²) in [6, 6.07) is 57.6. The van der Waals surface area contributed by atoms with Crippen molar-refractivity contribution in [3.63, 3.8) is 0 Å². The third kappa shape index (κ3) is 3.54. The Morgan fingerprint density at radius 1 is 0.275 bits per heavy atom. The lowest BCUT2D eigenvalue weighted by molar-refractivity contribution is 1.60. The molecule has 8 rings (SSSR count). The fourth-order valence-corrected chi connectivity index (χ4v) is 6.48. The maximum Gasteiger partial charge on any atom is -0.000808 e. The first-order chi connectivity index (χ1) is 19.9. The first-order valence-electron chi connectivity index (χ1n) is 13.9. The van der Waals surface area contributed by atoms with Crippen LogP contribution >= 0.6 is 0 Å². The summed E-state index contributed by atoms with van der Waals surface area (Å²) in [7, 11) is 0. The molecule has 0 aliphatic rings. The van der Waals surface area contributed by atoms with E-state index in [0.717, 1.165) is 0 Å². The fraction of sp³-hybridized carbons (Fsp3) is 0. The van der Waals surface area contributed by atoms with Crippen LogP contribution in [0.15, 0.2) is 158 Å². The normalized spacial score (nSPS) is 11.5. The highest BCUT2D eigenvalue weighted by molar-refractivity contribution is 6.25. The lowest BCUT2D eigenvalue weighted by atomic mass is 9.83. The molecule has 0 unspecified atom stereocenters. The summed E-state index contributed by atoms with van der Waals surface area (Å²) >= 11 is 0. The van der Waals surface area contributed by atoms with Gasteiger partial charge >= 0.3 is 0 Å². The van der Waals surface area contributed by atoms with Crippen LogP contribution in [-0.2, 0) is 0 Å². The highest BCUT2D eigenvalue weighted by Crippen LogP contribution is 2.47. The molecule has 0 radical (unpaired) electrons. The van der Waals surface area contributed by atoms with Crippen LogP contribution in [0.3, 0.4) is 0 Å². The van der Waals surface area contributed by atoms with Crippen molar-refractivity contribution in [1.29, 1.82) is 0 Å². The Labute approximate surface area is 233 Å². The van der Waals surface area contributed by atoms with Gasteiger partial charge in [0.25, 0.3) is 0 Å². The van der Waals surface area contributed by atoms with Gasteiger partial charge in [-0.3, -0.25) is 0 Å². The van der Waals surface area contributed by atoms with Crippen molar-refractivity contribution in [3.05, 3.63) is 158 Å². The zero-order chi connectivity index (χ0) is 26.5. The van der Waals surface area contributed by atoms with Crippen molar-refractivity contribution in [2.45, 2.75) is 0 Å². The molecule has 0 aliphatic heterocycles. The average Bonchev–Trinajstić information content (AvgIpc) is 3.03. The lowest BCUT2D eigenvalue weighted by Gasteiger charge is -2.20. The summed E-state index contributed by atoms with van der Waals surface area (Å²) in [5.41, 5.74) is 7.60. The SMILES string of the molecule is c1ccc(-c2ccccc2-c2cccc3cc4ccccc4c(-c4c5ccccc5cc5ccccc45)c23)cc1. The molecule has 0 atom stereocenters. The van der Waals surface area contributed by atoms with Crippen molar-refractivity contribution in [3.8, 4) is 33.4 Å². The molecular formula is C40H26. The van der Waals surface area contributed by atoms with E-state index in [-0.39, 0.29) is 0 Å². The fourth-order valence-electron chi connectivity index (χ4n) is 6.48. The zero-order valence-corrected chi connectivity index (χ0v) is 22.0. The molecule has 0 fully saturated rings. The Kier molecular flexibility index (Phi) is 5.24. The van der Waals surface area contributed by atoms with Gasteiger partial charge in [-0.15, -0.1) is 0 Å². The summed E-state index contributed by atoms with van der Waals surface area (Å²) < 4.78 is 0. The Balaban J connectivity index is 1.60. The van der Waals surface area contributed by atoms with E-state index in [0.29, 0.717) is 0 Å². The number of hydrogen-bond donors (Lipinski definition) is 0. The first kappa shape index (κ1) is 22.8. The number of benzene rings is 8. The highest BCUT2D eigenvalue weighted by atomic mass is 14.2.